The lowest BCUT2D eigenvalue weighted by molar-refractivity contribution is -0.784. The van der Waals surface area contributed by atoms with Crippen LogP contribution in [0.2, 0.25) is 0 Å². The van der Waals surface area contributed by atoms with E-state index in [-0.39, 0.29) is 11.7 Å². The van der Waals surface area contributed by atoms with Crippen LogP contribution in [0.25, 0.3) is 0 Å². The van der Waals surface area contributed by atoms with Gasteiger partial charge in [-0.2, -0.15) is 26.3 Å². The number of carbonyl (C=O) groups excluding carboxylic acids is 1. The molecule has 1 aromatic carbocycles. The van der Waals surface area contributed by atoms with E-state index in [9.17, 15) is 35.5 Å². The van der Waals surface area contributed by atoms with Crippen LogP contribution in [-0.4, -0.2) is 37.3 Å². The molecule has 0 spiro atoms. The third-order valence-electron chi connectivity index (χ3n) is 3.27. The molecule has 11 heteroatoms. The first-order chi connectivity index (χ1) is 11.4. The molecule has 0 fully saturated rings. The van der Waals surface area contributed by atoms with E-state index >= 15 is 0 Å². The maximum Gasteiger partial charge on any atom is 0.475 e. The Morgan fingerprint density at radius 2 is 1.60 bits per heavy atom. The highest BCUT2D eigenvalue weighted by molar-refractivity contribution is 5.68. The molecule has 1 rings (SSSR count). The molecule has 0 heterocycles. The van der Waals surface area contributed by atoms with Crippen molar-refractivity contribution in [2.75, 3.05) is 13.2 Å². The Labute approximate surface area is 138 Å². The standard InChI is InChI=1S/C14H15F7N2O2/c1-2-25-11(24)23-12(13(16,17)18,14(19,20)21)22-8-7-9-3-5-10(15)6-4-9/h3-6,22H,2,7-8H2,1H3,(H,23,24)/p+1. The minimum atomic E-state index is -5.83. The SMILES string of the molecule is CCOC(=O)NC([NH2+]CCc1ccc(F)cc1)(C(F)(F)F)C(F)(F)F. The van der Waals surface area contributed by atoms with Crippen molar-refractivity contribution in [3.05, 3.63) is 35.6 Å². The summed E-state index contributed by atoms with van der Waals surface area (Å²) in [5.41, 5.74) is -4.21. The van der Waals surface area contributed by atoms with Gasteiger partial charge in [0.15, 0.2) is 0 Å². The average molecular weight is 377 g/mol. The first-order valence-electron chi connectivity index (χ1n) is 7.10. The predicted molar refractivity (Wildman–Crippen MR) is 71.9 cm³/mol. The molecule has 0 aliphatic heterocycles. The fourth-order valence-electron chi connectivity index (χ4n) is 2.02. The number of benzene rings is 1. The van der Waals surface area contributed by atoms with E-state index in [4.69, 9.17) is 0 Å². The Bertz CT molecular complexity index is 556. The molecule has 0 bridgehead atoms. The number of amides is 1. The highest BCUT2D eigenvalue weighted by Gasteiger charge is 2.76. The molecule has 0 saturated carbocycles. The third-order valence-corrected chi connectivity index (χ3v) is 3.27. The molecule has 0 unspecified atom stereocenters. The predicted octanol–water partition coefficient (Wildman–Crippen LogP) is 2.50. The van der Waals surface area contributed by atoms with E-state index in [1.54, 1.807) is 0 Å². The Hall–Kier alpha value is -2.04. The van der Waals surface area contributed by atoms with Gasteiger partial charge < -0.3 is 10.1 Å². The molecule has 0 aliphatic carbocycles. The summed E-state index contributed by atoms with van der Waals surface area (Å²) in [5, 5.41) is 0.818. The number of alkyl carbamates (subject to hydrolysis) is 1. The summed E-state index contributed by atoms with van der Waals surface area (Å²) in [6.45, 7) is 0.172. The highest BCUT2D eigenvalue weighted by Crippen LogP contribution is 2.38. The van der Waals surface area contributed by atoms with Crippen molar-refractivity contribution in [1.29, 1.82) is 0 Å². The number of hydrogen-bond donors (Lipinski definition) is 2. The molecule has 0 aromatic heterocycles. The van der Waals surface area contributed by atoms with Gasteiger partial charge in [-0.05, 0) is 24.6 Å². The van der Waals surface area contributed by atoms with Crippen LogP contribution in [0.1, 0.15) is 12.5 Å². The number of nitrogens with one attached hydrogen (secondary N) is 1. The summed E-state index contributed by atoms with van der Waals surface area (Å²) in [4.78, 5) is 11.2. The second-order valence-electron chi connectivity index (χ2n) is 5.02. The number of quaternary nitrogens is 1. The molecule has 142 valence electrons. The van der Waals surface area contributed by atoms with Crippen molar-refractivity contribution in [2.24, 2.45) is 0 Å². The van der Waals surface area contributed by atoms with Gasteiger partial charge in [0.1, 0.15) is 5.82 Å². The molecular formula is C14H16F7N2O2+. The van der Waals surface area contributed by atoms with E-state index in [1.807, 2.05) is 0 Å². The first kappa shape index (κ1) is 21.0. The largest absolute Gasteiger partial charge is 0.475 e. The van der Waals surface area contributed by atoms with Gasteiger partial charge in [-0.15, -0.1) is 0 Å². The van der Waals surface area contributed by atoms with Crippen LogP contribution in [-0.2, 0) is 11.2 Å². The number of carbonyl (C=O) groups is 1. The smallest absolute Gasteiger partial charge is 0.450 e. The maximum atomic E-state index is 13.2. The fraction of sp³-hybridized carbons (Fsp3) is 0.500. The van der Waals surface area contributed by atoms with E-state index in [2.05, 4.69) is 4.74 Å². The average Bonchev–Trinajstić information content (AvgIpc) is 2.46. The molecule has 0 radical (unpaired) electrons. The number of nitrogens with two attached hydrogens (primary N) is 1. The van der Waals surface area contributed by atoms with E-state index in [0.29, 0.717) is 5.56 Å². The van der Waals surface area contributed by atoms with Crippen LogP contribution < -0.4 is 10.6 Å². The Morgan fingerprint density at radius 1 is 1.08 bits per heavy atom. The Balaban J connectivity index is 2.99. The molecule has 3 N–H and O–H groups in total. The number of hydrogen-bond acceptors (Lipinski definition) is 2. The zero-order chi connectivity index (χ0) is 19.3. The van der Waals surface area contributed by atoms with Crippen LogP contribution in [0.4, 0.5) is 35.5 Å². The zero-order valence-corrected chi connectivity index (χ0v) is 13.0. The van der Waals surface area contributed by atoms with Crippen molar-refractivity contribution in [3.8, 4) is 0 Å². The van der Waals surface area contributed by atoms with Crippen molar-refractivity contribution < 1.29 is 45.6 Å². The molecule has 1 aromatic rings. The zero-order valence-electron chi connectivity index (χ0n) is 13.0. The molecule has 25 heavy (non-hydrogen) atoms. The molecular weight excluding hydrogens is 361 g/mol. The summed E-state index contributed by atoms with van der Waals surface area (Å²) >= 11 is 0. The van der Waals surface area contributed by atoms with Gasteiger partial charge >= 0.3 is 24.1 Å². The highest BCUT2D eigenvalue weighted by atomic mass is 19.4. The second-order valence-corrected chi connectivity index (χ2v) is 5.02. The summed E-state index contributed by atoms with van der Waals surface area (Å²) < 4.78 is 96.0. The first-order valence-corrected chi connectivity index (χ1v) is 7.10. The summed E-state index contributed by atoms with van der Waals surface area (Å²) in [5.74, 6) is -0.586. The lowest BCUT2D eigenvalue weighted by Crippen LogP contribution is -3.08. The minimum Gasteiger partial charge on any atom is -0.450 e. The number of ether oxygens (including phenoxy) is 1. The van der Waals surface area contributed by atoms with E-state index in [0.717, 1.165) is 17.4 Å². The maximum absolute atomic E-state index is 13.2. The lowest BCUT2D eigenvalue weighted by atomic mass is 10.1. The van der Waals surface area contributed by atoms with Crippen molar-refractivity contribution in [3.63, 3.8) is 0 Å². The minimum absolute atomic E-state index is 0.0622. The number of halogens is 7. The van der Waals surface area contributed by atoms with Gasteiger partial charge in [0.25, 0.3) is 0 Å². The van der Waals surface area contributed by atoms with Crippen molar-refractivity contribution in [1.82, 2.24) is 5.32 Å². The molecule has 4 nitrogen and oxygen atoms in total. The third kappa shape index (κ3) is 5.21. The Morgan fingerprint density at radius 3 is 2.04 bits per heavy atom. The second kappa shape index (κ2) is 7.89. The molecule has 0 saturated heterocycles. The topological polar surface area (TPSA) is 54.9 Å². The van der Waals surface area contributed by atoms with Crippen LogP contribution >= 0.6 is 0 Å². The van der Waals surface area contributed by atoms with Crippen LogP contribution in [0.3, 0.4) is 0 Å². The number of alkyl halides is 6. The normalized spacial score (nSPS) is 12.8. The summed E-state index contributed by atoms with van der Waals surface area (Å²) in [6.07, 6.45) is -13.7. The molecule has 1 amide bonds. The van der Waals surface area contributed by atoms with Crippen LogP contribution in [0.5, 0.6) is 0 Å². The van der Waals surface area contributed by atoms with Crippen LogP contribution in [0.15, 0.2) is 24.3 Å². The van der Waals surface area contributed by atoms with Gasteiger partial charge in [-0.1, -0.05) is 12.1 Å². The number of rotatable bonds is 6. The van der Waals surface area contributed by atoms with Gasteiger partial charge in [0, 0.05) is 6.42 Å². The summed E-state index contributed by atoms with van der Waals surface area (Å²) in [6, 6.07) is 4.55. The quantitative estimate of drug-likeness (QED) is 0.591. The molecule has 0 aliphatic rings. The van der Waals surface area contributed by atoms with Crippen LogP contribution in [0, 0.1) is 5.82 Å². The lowest BCUT2D eigenvalue weighted by Gasteiger charge is -2.34. The molecule has 0 atom stereocenters. The van der Waals surface area contributed by atoms with Crippen molar-refractivity contribution in [2.45, 2.75) is 31.4 Å². The summed E-state index contributed by atoms with van der Waals surface area (Å²) in [7, 11) is 0. The van der Waals surface area contributed by atoms with E-state index < -0.39 is 43.1 Å². The van der Waals surface area contributed by atoms with Crippen molar-refractivity contribution >= 4 is 6.09 Å². The Kier molecular flexibility index (Phi) is 6.63. The fourth-order valence-corrected chi connectivity index (χ4v) is 2.02. The monoisotopic (exact) mass is 377 g/mol. The van der Waals surface area contributed by atoms with Gasteiger partial charge in [0.05, 0.1) is 13.2 Å². The van der Waals surface area contributed by atoms with Gasteiger partial charge in [0.2, 0.25) is 0 Å². The van der Waals surface area contributed by atoms with Gasteiger partial charge in [-0.3, -0.25) is 5.32 Å². The van der Waals surface area contributed by atoms with E-state index in [1.165, 1.54) is 19.1 Å². The van der Waals surface area contributed by atoms with Gasteiger partial charge in [-0.25, -0.2) is 9.18 Å².